The topological polar surface area (TPSA) is 185 Å². The van der Waals surface area contributed by atoms with Crippen LogP contribution in [0.1, 0.15) is 109 Å². The molecule has 0 spiro atoms. The minimum absolute atomic E-state index is 0.134. The fraction of sp³-hybridized carbons (Fsp3) is 0.625. The summed E-state index contributed by atoms with van der Waals surface area (Å²) in [7, 11) is 0. The maximum atomic E-state index is 12.1. The average molecular weight is 634 g/mol. The number of carbonyl (C=O) groups excluding carboxylic acids is 6. The Morgan fingerprint density at radius 2 is 1.47 bits per heavy atom. The largest absolute Gasteiger partial charge is 0.346 e. The van der Waals surface area contributed by atoms with Crippen LogP contribution in [0.15, 0.2) is 24.3 Å². The first kappa shape index (κ1) is 40.8. The third kappa shape index (κ3) is 17.7. The van der Waals surface area contributed by atoms with Crippen molar-refractivity contribution in [3.05, 3.63) is 39.9 Å². The first-order chi connectivity index (χ1) is 21.4. The molecule has 13 nitrogen and oxygen atoms in total. The molecule has 2 heterocycles. The number of nitro benzene ring substituents is 1. The van der Waals surface area contributed by atoms with E-state index in [0.717, 1.165) is 25.7 Å². The number of fused-ring (bicyclic) bond motifs is 1. The van der Waals surface area contributed by atoms with Crippen molar-refractivity contribution in [3.8, 4) is 0 Å². The quantitative estimate of drug-likeness (QED) is 0.167. The summed E-state index contributed by atoms with van der Waals surface area (Å²) in [6.45, 7) is 9.70. The second-order valence-electron chi connectivity index (χ2n) is 10.5. The van der Waals surface area contributed by atoms with Crippen LogP contribution >= 0.6 is 0 Å². The van der Waals surface area contributed by atoms with E-state index >= 15 is 0 Å². The molecule has 1 atom stereocenters. The van der Waals surface area contributed by atoms with Crippen LogP contribution in [0.4, 0.5) is 5.69 Å². The van der Waals surface area contributed by atoms with Crippen LogP contribution in [-0.4, -0.2) is 77.2 Å². The SMILES string of the molecule is CC(=O)c1ccccc1[N+](=O)[O-].CCCC.CCCCCC(=O)CC.O=C1CNC(=O)CNC(=O)C2CCCCN2C(=O)CN1. The van der Waals surface area contributed by atoms with Gasteiger partial charge in [0.2, 0.25) is 23.6 Å². The molecule has 0 aromatic heterocycles. The van der Waals surface area contributed by atoms with E-state index in [4.69, 9.17) is 0 Å². The number of ketones is 2. The van der Waals surface area contributed by atoms with Crippen molar-refractivity contribution in [2.75, 3.05) is 26.2 Å². The number of rotatable bonds is 8. The van der Waals surface area contributed by atoms with Crippen molar-refractivity contribution in [2.24, 2.45) is 0 Å². The van der Waals surface area contributed by atoms with Gasteiger partial charge in [-0.25, -0.2) is 0 Å². The maximum absolute atomic E-state index is 12.1. The molecule has 2 aliphatic heterocycles. The molecule has 0 radical (unpaired) electrons. The lowest BCUT2D eigenvalue weighted by Crippen LogP contribution is -2.56. The first-order valence-corrected chi connectivity index (χ1v) is 15.8. The molecule has 3 rings (SSSR count). The van der Waals surface area contributed by atoms with Crippen LogP contribution < -0.4 is 16.0 Å². The van der Waals surface area contributed by atoms with Gasteiger partial charge in [-0.1, -0.05) is 65.5 Å². The molecule has 4 amide bonds. The summed E-state index contributed by atoms with van der Waals surface area (Å²) < 4.78 is 0. The van der Waals surface area contributed by atoms with Gasteiger partial charge in [-0.3, -0.25) is 38.9 Å². The van der Waals surface area contributed by atoms with E-state index in [1.807, 2.05) is 6.92 Å². The van der Waals surface area contributed by atoms with Gasteiger partial charge in [-0.15, -0.1) is 0 Å². The van der Waals surface area contributed by atoms with Gasteiger partial charge in [-0.05, 0) is 38.7 Å². The van der Waals surface area contributed by atoms with Gasteiger partial charge >= 0.3 is 0 Å². The fourth-order valence-electron chi connectivity index (χ4n) is 4.05. The highest BCUT2D eigenvalue weighted by atomic mass is 16.6. The highest BCUT2D eigenvalue weighted by Crippen LogP contribution is 2.18. The predicted octanol–water partition coefficient (Wildman–Crippen LogP) is 3.88. The number of nitrogens with one attached hydrogen (secondary N) is 3. The molecule has 0 bridgehead atoms. The summed E-state index contributed by atoms with van der Waals surface area (Å²) >= 11 is 0. The number of carbonyl (C=O) groups is 6. The van der Waals surface area contributed by atoms with Crippen LogP contribution in [0.5, 0.6) is 0 Å². The summed E-state index contributed by atoms with van der Waals surface area (Å²) in [5.74, 6) is -1.33. The Morgan fingerprint density at radius 3 is 2.00 bits per heavy atom. The molecule has 3 N–H and O–H groups in total. The molecule has 0 aliphatic carbocycles. The maximum Gasteiger partial charge on any atom is 0.280 e. The Bertz CT molecular complexity index is 1050. The van der Waals surface area contributed by atoms with Crippen molar-refractivity contribution < 1.29 is 33.7 Å². The Morgan fingerprint density at radius 1 is 0.867 bits per heavy atom. The molecular weight excluding hydrogens is 582 g/mol. The highest BCUT2D eigenvalue weighted by molar-refractivity contribution is 5.98. The van der Waals surface area contributed by atoms with Gasteiger partial charge in [-0.2, -0.15) is 0 Å². The number of unbranched alkanes of at least 4 members (excludes halogenated alkanes) is 3. The van der Waals surface area contributed by atoms with Crippen molar-refractivity contribution in [3.63, 3.8) is 0 Å². The van der Waals surface area contributed by atoms with Gasteiger partial charge in [0.1, 0.15) is 11.8 Å². The highest BCUT2D eigenvalue weighted by Gasteiger charge is 2.32. The number of benzene rings is 1. The summed E-state index contributed by atoms with van der Waals surface area (Å²) in [6.07, 6.45) is 9.91. The van der Waals surface area contributed by atoms with E-state index in [0.29, 0.717) is 25.2 Å². The molecule has 2 saturated heterocycles. The minimum atomic E-state index is -0.559. The van der Waals surface area contributed by atoms with Crippen LogP contribution in [0.2, 0.25) is 0 Å². The second-order valence-corrected chi connectivity index (χ2v) is 10.5. The summed E-state index contributed by atoms with van der Waals surface area (Å²) in [6, 6.07) is 5.34. The van der Waals surface area contributed by atoms with Crippen molar-refractivity contribution in [1.82, 2.24) is 20.9 Å². The second kappa shape index (κ2) is 24.2. The summed E-state index contributed by atoms with van der Waals surface area (Å²) in [5.41, 5.74) is 0.0208. The minimum Gasteiger partial charge on any atom is -0.346 e. The molecule has 1 aromatic rings. The van der Waals surface area contributed by atoms with Crippen LogP contribution in [0, 0.1) is 10.1 Å². The van der Waals surface area contributed by atoms with Gasteiger partial charge in [0.25, 0.3) is 5.69 Å². The number of hydrogen-bond donors (Lipinski definition) is 3. The van der Waals surface area contributed by atoms with Crippen LogP contribution in [-0.2, 0) is 24.0 Å². The molecule has 252 valence electrons. The zero-order valence-corrected chi connectivity index (χ0v) is 27.4. The lowest BCUT2D eigenvalue weighted by atomic mass is 10.0. The Balaban J connectivity index is 0.000000660. The zero-order chi connectivity index (χ0) is 34.2. The number of hydrogen-bond acceptors (Lipinski definition) is 8. The summed E-state index contributed by atoms with van der Waals surface area (Å²) in [5, 5.41) is 17.7. The van der Waals surface area contributed by atoms with Crippen molar-refractivity contribution >= 4 is 40.9 Å². The van der Waals surface area contributed by atoms with Gasteiger partial charge in [0, 0.05) is 25.5 Å². The molecule has 2 aliphatic rings. The number of Topliss-reactive ketones (excluding diaryl/α,β-unsaturated/α-hetero) is 2. The fourth-order valence-corrected chi connectivity index (χ4v) is 4.05. The number of nitro groups is 1. The Hall–Kier alpha value is -4.16. The molecule has 1 unspecified atom stereocenters. The first-order valence-electron chi connectivity index (χ1n) is 15.8. The zero-order valence-electron chi connectivity index (χ0n) is 27.4. The van der Waals surface area contributed by atoms with Gasteiger partial charge in [0.15, 0.2) is 5.78 Å². The summed E-state index contributed by atoms with van der Waals surface area (Å²) in [4.78, 5) is 79.8. The van der Waals surface area contributed by atoms with Crippen LogP contribution in [0.3, 0.4) is 0 Å². The monoisotopic (exact) mass is 633 g/mol. The lowest BCUT2D eigenvalue weighted by Gasteiger charge is -2.35. The Labute approximate surface area is 266 Å². The van der Waals surface area contributed by atoms with E-state index < -0.39 is 22.8 Å². The molecule has 0 saturated carbocycles. The third-order valence-corrected chi connectivity index (χ3v) is 6.87. The molecular formula is C32H51N5O8. The molecule has 45 heavy (non-hydrogen) atoms. The number of nitrogens with zero attached hydrogens (tertiary/aromatic N) is 2. The van der Waals surface area contributed by atoms with E-state index in [9.17, 15) is 38.9 Å². The van der Waals surface area contributed by atoms with Crippen LogP contribution in [0.25, 0.3) is 0 Å². The molecule has 2 fully saturated rings. The third-order valence-electron chi connectivity index (χ3n) is 6.87. The molecule has 1 aromatic carbocycles. The van der Waals surface area contributed by atoms with E-state index in [1.54, 1.807) is 6.07 Å². The smallest absolute Gasteiger partial charge is 0.280 e. The number of para-hydroxylation sites is 1. The number of amides is 4. The van der Waals surface area contributed by atoms with E-state index in [-0.39, 0.29) is 48.5 Å². The lowest BCUT2D eigenvalue weighted by molar-refractivity contribution is -0.385. The van der Waals surface area contributed by atoms with E-state index in [2.05, 4.69) is 36.7 Å². The Kier molecular flexibility index (Phi) is 22.0. The van der Waals surface area contributed by atoms with E-state index in [1.165, 1.54) is 55.7 Å². The van der Waals surface area contributed by atoms with Gasteiger partial charge < -0.3 is 20.9 Å². The predicted molar refractivity (Wildman–Crippen MR) is 172 cm³/mol. The number of piperidine rings is 1. The average Bonchev–Trinajstić information content (AvgIpc) is 3.05. The standard InChI is InChI=1S/C12H18N4O4.C8H7NO3.C8H16O.C4H10/c17-9-5-13-10(18)6-15-12(20)8-3-1-2-4-16(8)11(19)7-14-9;1-6(10)7-4-2-3-5-8(7)9(11)12;1-3-5-6-7-8(9)4-2;1-3-4-2/h8H,1-7H2,(H,13,18)(H,14,17)(H,15,20);2-5H,1H3;3-7H2,1-2H3;3-4H2,1-2H3. The van der Waals surface area contributed by atoms with Crippen molar-refractivity contribution in [2.45, 2.75) is 105 Å². The normalized spacial score (nSPS) is 16.5. The van der Waals surface area contributed by atoms with Gasteiger partial charge in [0.05, 0.1) is 30.1 Å². The molecule has 13 heteroatoms. The van der Waals surface area contributed by atoms with Crippen molar-refractivity contribution in [1.29, 1.82) is 0 Å².